The summed E-state index contributed by atoms with van der Waals surface area (Å²) in [5, 5.41) is 9.48. The fourth-order valence-corrected chi connectivity index (χ4v) is 4.55. The smallest absolute Gasteiger partial charge is 0.341 e. The van der Waals surface area contributed by atoms with Gasteiger partial charge in [0.2, 0.25) is 5.43 Å². The van der Waals surface area contributed by atoms with E-state index < -0.39 is 17.2 Å². The van der Waals surface area contributed by atoms with Crippen molar-refractivity contribution < 1.29 is 14.3 Å². The van der Waals surface area contributed by atoms with E-state index in [2.05, 4.69) is 16.8 Å². The number of carbonyl (C=O) groups is 1. The summed E-state index contributed by atoms with van der Waals surface area (Å²) < 4.78 is 16.8. The summed E-state index contributed by atoms with van der Waals surface area (Å²) in [6, 6.07) is 3.90. The third kappa shape index (κ3) is 2.19. The average Bonchev–Trinajstić information content (AvgIpc) is 3.26. The first-order valence-electron chi connectivity index (χ1n) is 9.02. The number of pyridine rings is 1. The van der Waals surface area contributed by atoms with E-state index >= 15 is 0 Å². The summed E-state index contributed by atoms with van der Waals surface area (Å²) in [5.41, 5.74) is 0.251. The maximum Gasteiger partial charge on any atom is 0.341 e. The Morgan fingerprint density at radius 3 is 2.54 bits per heavy atom. The zero-order chi connectivity index (χ0) is 18.2. The number of anilines is 1. The zero-order valence-electron chi connectivity index (χ0n) is 14.5. The van der Waals surface area contributed by atoms with Gasteiger partial charge in [-0.1, -0.05) is 0 Å². The molecule has 1 saturated carbocycles. The second-order valence-electron chi connectivity index (χ2n) is 7.77. The van der Waals surface area contributed by atoms with Crippen molar-refractivity contribution in [3.8, 4) is 0 Å². The van der Waals surface area contributed by atoms with Crippen molar-refractivity contribution in [1.29, 1.82) is 0 Å². The molecule has 0 amide bonds. The average molecular weight is 357 g/mol. The standard InChI is InChI=1S/C19H20FN3O3/c1-21-7-12-4-11(21)8-22(12)17-6-16-13(5-15(17)20)18(24)14(19(25)26)9-23(16)10-2-3-10/h5-6,9-12H,2-4,7-8H2,1H3,(H,25,26)/t11-,12+/m1/s1. The molecule has 26 heavy (non-hydrogen) atoms. The first kappa shape index (κ1) is 15.8. The number of fused-ring (bicyclic) bond motifs is 3. The van der Waals surface area contributed by atoms with Gasteiger partial charge in [0.1, 0.15) is 11.4 Å². The van der Waals surface area contributed by atoms with E-state index in [1.807, 2.05) is 4.57 Å². The molecule has 1 aromatic heterocycles. The van der Waals surface area contributed by atoms with Crippen molar-refractivity contribution in [2.75, 3.05) is 25.0 Å². The molecule has 0 spiro atoms. The van der Waals surface area contributed by atoms with Crippen molar-refractivity contribution >= 4 is 22.6 Å². The fourth-order valence-electron chi connectivity index (χ4n) is 4.55. The minimum Gasteiger partial charge on any atom is -0.477 e. The molecule has 3 heterocycles. The van der Waals surface area contributed by atoms with Crippen LogP contribution < -0.4 is 10.3 Å². The van der Waals surface area contributed by atoms with Crippen LogP contribution in [0.4, 0.5) is 10.1 Å². The van der Waals surface area contributed by atoms with Crippen LogP contribution in [0.2, 0.25) is 0 Å². The van der Waals surface area contributed by atoms with Gasteiger partial charge in [0.05, 0.1) is 11.2 Å². The van der Waals surface area contributed by atoms with Crippen LogP contribution in [0.3, 0.4) is 0 Å². The predicted molar refractivity (Wildman–Crippen MR) is 95.6 cm³/mol. The summed E-state index contributed by atoms with van der Waals surface area (Å²) in [7, 11) is 2.09. The molecule has 2 saturated heterocycles. The minimum atomic E-state index is -1.27. The summed E-state index contributed by atoms with van der Waals surface area (Å²) in [4.78, 5) is 28.4. The van der Waals surface area contributed by atoms with Crippen LogP contribution in [0.1, 0.15) is 35.7 Å². The number of piperazine rings is 1. The Balaban J connectivity index is 1.70. The highest BCUT2D eigenvalue weighted by Gasteiger charge is 2.42. The lowest BCUT2D eigenvalue weighted by Crippen LogP contribution is -2.44. The molecule has 1 aromatic carbocycles. The lowest BCUT2D eigenvalue weighted by Gasteiger charge is -2.34. The topological polar surface area (TPSA) is 65.8 Å². The summed E-state index contributed by atoms with van der Waals surface area (Å²) in [5.74, 6) is -1.72. The van der Waals surface area contributed by atoms with E-state index in [0.717, 1.165) is 32.4 Å². The van der Waals surface area contributed by atoms with E-state index in [-0.39, 0.29) is 23.0 Å². The highest BCUT2D eigenvalue weighted by Crippen LogP contribution is 2.40. The van der Waals surface area contributed by atoms with Crippen molar-refractivity contribution in [3.05, 3.63) is 39.9 Å². The first-order chi connectivity index (χ1) is 12.4. The second-order valence-corrected chi connectivity index (χ2v) is 7.77. The number of carboxylic acids is 1. The number of aromatic carboxylic acids is 1. The number of hydrogen-bond acceptors (Lipinski definition) is 4. The lowest BCUT2D eigenvalue weighted by molar-refractivity contribution is 0.0695. The van der Waals surface area contributed by atoms with Gasteiger partial charge >= 0.3 is 5.97 Å². The number of rotatable bonds is 3. The van der Waals surface area contributed by atoms with Crippen molar-refractivity contribution in [2.24, 2.45) is 0 Å². The normalized spacial score (nSPS) is 25.4. The number of aromatic nitrogens is 1. The molecule has 5 rings (SSSR count). The van der Waals surface area contributed by atoms with Gasteiger partial charge in [-0.15, -0.1) is 0 Å². The van der Waals surface area contributed by atoms with Crippen LogP contribution in [0.5, 0.6) is 0 Å². The van der Waals surface area contributed by atoms with Gasteiger partial charge in [0, 0.05) is 42.8 Å². The first-order valence-corrected chi connectivity index (χ1v) is 9.02. The van der Waals surface area contributed by atoms with E-state index in [1.165, 1.54) is 12.3 Å². The molecule has 3 aliphatic rings. The van der Waals surface area contributed by atoms with Gasteiger partial charge in [-0.05, 0) is 38.4 Å². The second kappa shape index (κ2) is 5.30. The highest BCUT2D eigenvalue weighted by molar-refractivity contribution is 5.93. The van der Waals surface area contributed by atoms with Crippen LogP contribution in [-0.4, -0.2) is 52.8 Å². The molecule has 1 aliphatic carbocycles. The zero-order valence-corrected chi connectivity index (χ0v) is 14.5. The minimum absolute atomic E-state index is 0.152. The lowest BCUT2D eigenvalue weighted by atomic mass is 10.1. The number of halogens is 1. The van der Waals surface area contributed by atoms with Gasteiger partial charge in [0.15, 0.2) is 0 Å². The van der Waals surface area contributed by atoms with Crippen LogP contribution >= 0.6 is 0 Å². The fraction of sp³-hybridized carbons (Fsp3) is 0.474. The number of nitrogens with zero attached hydrogens (tertiary/aromatic N) is 3. The molecule has 0 unspecified atom stereocenters. The van der Waals surface area contributed by atoms with E-state index in [9.17, 15) is 19.1 Å². The Morgan fingerprint density at radius 2 is 1.96 bits per heavy atom. The Bertz CT molecular complexity index is 996. The summed E-state index contributed by atoms with van der Waals surface area (Å²) in [6.45, 7) is 1.69. The third-order valence-electron chi connectivity index (χ3n) is 6.10. The van der Waals surface area contributed by atoms with Crippen LogP contribution in [0.25, 0.3) is 10.9 Å². The SMILES string of the molecule is CN1C[C@@H]2C[C@@H]1CN2c1cc2c(cc1F)c(=O)c(C(=O)O)cn2C1CC1. The molecule has 2 aromatic rings. The largest absolute Gasteiger partial charge is 0.477 e. The molecule has 136 valence electrons. The van der Waals surface area contributed by atoms with Crippen molar-refractivity contribution in [3.63, 3.8) is 0 Å². The highest BCUT2D eigenvalue weighted by atomic mass is 19.1. The Morgan fingerprint density at radius 1 is 1.19 bits per heavy atom. The van der Waals surface area contributed by atoms with E-state index in [1.54, 1.807) is 6.07 Å². The summed E-state index contributed by atoms with van der Waals surface area (Å²) >= 11 is 0. The number of likely N-dealkylation sites (tertiary alicyclic amines) is 1. The van der Waals surface area contributed by atoms with Gasteiger partial charge in [-0.3, -0.25) is 9.69 Å². The maximum absolute atomic E-state index is 14.9. The third-order valence-corrected chi connectivity index (χ3v) is 6.10. The molecule has 2 bridgehead atoms. The molecule has 1 N–H and O–H groups in total. The maximum atomic E-state index is 14.9. The molecule has 0 radical (unpaired) electrons. The van der Waals surface area contributed by atoms with Crippen LogP contribution in [0.15, 0.2) is 23.1 Å². The van der Waals surface area contributed by atoms with Crippen LogP contribution in [-0.2, 0) is 0 Å². The number of benzene rings is 1. The number of hydrogen-bond donors (Lipinski definition) is 1. The molecule has 2 aliphatic heterocycles. The van der Waals surface area contributed by atoms with Gasteiger partial charge in [-0.2, -0.15) is 0 Å². The predicted octanol–water partition coefficient (Wildman–Crippen LogP) is 2.07. The molecule has 3 fully saturated rings. The Kier molecular flexibility index (Phi) is 3.22. The molecule has 6 nitrogen and oxygen atoms in total. The van der Waals surface area contributed by atoms with E-state index in [4.69, 9.17) is 0 Å². The quantitative estimate of drug-likeness (QED) is 0.911. The molecule has 2 atom stereocenters. The number of carboxylic acid groups (broad SMARTS) is 1. The van der Waals surface area contributed by atoms with Gasteiger partial charge < -0.3 is 14.6 Å². The monoisotopic (exact) mass is 357 g/mol. The van der Waals surface area contributed by atoms with E-state index in [0.29, 0.717) is 17.2 Å². The van der Waals surface area contributed by atoms with Gasteiger partial charge in [0.25, 0.3) is 0 Å². The van der Waals surface area contributed by atoms with Gasteiger partial charge in [-0.25, -0.2) is 9.18 Å². The van der Waals surface area contributed by atoms with Crippen LogP contribution in [0, 0.1) is 5.82 Å². The Labute approximate surface area is 149 Å². The summed E-state index contributed by atoms with van der Waals surface area (Å²) in [6.07, 6.45) is 4.35. The molecular formula is C19H20FN3O3. The molecular weight excluding hydrogens is 337 g/mol. The Hall–Kier alpha value is -2.41. The number of likely N-dealkylation sites (N-methyl/N-ethyl adjacent to an activating group) is 1. The molecule has 7 heteroatoms. The van der Waals surface area contributed by atoms with Crippen molar-refractivity contribution in [1.82, 2.24) is 9.47 Å². The van der Waals surface area contributed by atoms with Crippen molar-refractivity contribution in [2.45, 2.75) is 37.4 Å².